The number of carbonyl (C=O) groups is 2. The molecule has 1 aliphatic rings. The molecular weight excluding hydrogens is 248 g/mol. The summed E-state index contributed by atoms with van der Waals surface area (Å²) in [6.45, 7) is -0.265. The van der Waals surface area contributed by atoms with Gasteiger partial charge in [-0.05, 0) is 12.8 Å². The van der Waals surface area contributed by atoms with Gasteiger partial charge in [0, 0.05) is 13.1 Å². The van der Waals surface area contributed by atoms with Crippen LogP contribution in [0.1, 0.15) is 19.3 Å². The summed E-state index contributed by atoms with van der Waals surface area (Å²) in [6.07, 6.45) is 1.40. The van der Waals surface area contributed by atoms with Crippen molar-refractivity contribution in [1.82, 2.24) is 9.62 Å². The van der Waals surface area contributed by atoms with Gasteiger partial charge >= 0.3 is 5.97 Å². The van der Waals surface area contributed by atoms with E-state index in [0.717, 1.165) is 17.1 Å². The van der Waals surface area contributed by atoms with Gasteiger partial charge in [-0.3, -0.25) is 9.59 Å². The van der Waals surface area contributed by atoms with E-state index in [9.17, 15) is 18.0 Å². The topological polar surface area (TPSA) is 104 Å². The number of amides is 1. The number of nitrogens with one attached hydrogen (secondary N) is 1. The molecule has 0 spiro atoms. The zero-order valence-corrected chi connectivity index (χ0v) is 10.4. The summed E-state index contributed by atoms with van der Waals surface area (Å²) < 4.78 is 24.0. The predicted molar refractivity (Wildman–Crippen MR) is 59.8 cm³/mol. The molecule has 0 aromatic heterocycles. The molecule has 0 radical (unpaired) electrons. The van der Waals surface area contributed by atoms with Crippen molar-refractivity contribution >= 4 is 21.9 Å². The molecule has 17 heavy (non-hydrogen) atoms. The Morgan fingerprint density at radius 1 is 1.41 bits per heavy atom. The van der Waals surface area contributed by atoms with Crippen molar-refractivity contribution in [3.8, 4) is 0 Å². The standard InChI is InChI=1S/C9H16N2O5S/c1-11(6-8(12)10-7-2-3-7)17(15,16)5-4-9(13)14/h7H,2-6H2,1H3,(H,10,12)(H,13,14). The Kier molecular flexibility index (Phi) is 4.47. The van der Waals surface area contributed by atoms with E-state index in [1.54, 1.807) is 0 Å². The maximum Gasteiger partial charge on any atom is 0.304 e. The second kappa shape index (κ2) is 5.46. The SMILES string of the molecule is CN(CC(=O)NC1CC1)S(=O)(=O)CCC(=O)O. The van der Waals surface area contributed by atoms with Crippen LogP contribution in [0.2, 0.25) is 0 Å². The molecule has 8 heteroatoms. The lowest BCUT2D eigenvalue weighted by atomic mass is 10.5. The van der Waals surface area contributed by atoms with Crippen LogP contribution in [0.3, 0.4) is 0 Å². The molecule has 1 aliphatic carbocycles. The fourth-order valence-corrected chi connectivity index (χ4v) is 2.23. The van der Waals surface area contributed by atoms with Gasteiger partial charge in [-0.15, -0.1) is 0 Å². The van der Waals surface area contributed by atoms with Crippen LogP contribution in [0, 0.1) is 0 Å². The molecule has 2 N–H and O–H groups in total. The molecule has 0 aliphatic heterocycles. The number of carboxylic acid groups (broad SMARTS) is 1. The van der Waals surface area contributed by atoms with Crippen LogP contribution in [0.25, 0.3) is 0 Å². The van der Waals surface area contributed by atoms with Gasteiger partial charge in [-0.25, -0.2) is 8.42 Å². The monoisotopic (exact) mass is 264 g/mol. The van der Waals surface area contributed by atoms with E-state index in [2.05, 4.69) is 5.32 Å². The minimum atomic E-state index is -3.67. The normalized spacial score (nSPS) is 15.9. The fourth-order valence-electron chi connectivity index (χ4n) is 1.17. The zero-order chi connectivity index (χ0) is 13.1. The molecule has 1 amide bonds. The number of carbonyl (C=O) groups excluding carboxylic acids is 1. The molecule has 1 rings (SSSR count). The highest BCUT2D eigenvalue weighted by atomic mass is 32.2. The second-order valence-corrected chi connectivity index (χ2v) is 6.25. The van der Waals surface area contributed by atoms with E-state index >= 15 is 0 Å². The number of sulfonamides is 1. The van der Waals surface area contributed by atoms with Crippen molar-refractivity contribution < 1.29 is 23.1 Å². The van der Waals surface area contributed by atoms with Crippen molar-refractivity contribution in [2.45, 2.75) is 25.3 Å². The van der Waals surface area contributed by atoms with Gasteiger partial charge in [0.1, 0.15) is 0 Å². The molecule has 1 fully saturated rings. The minimum Gasteiger partial charge on any atom is -0.481 e. The smallest absolute Gasteiger partial charge is 0.304 e. The van der Waals surface area contributed by atoms with Crippen molar-refractivity contribution in [3.63, 3.8) is 0 Å². The maximum atomic E-state index is 11.6. The lowest BCUT2D eigenvalue weighted by Gasteiger charge is -2.16. The third-order valence-electron chi connectivity index (χ3n) is 2.36. The highest BCUT2D eigenvalue weighted by molar-refractivity contribution is 7.89. The largest absolute Gasteiger partial charge is 0.481 e. The predicted octanol–water partition coefficient (Wildman–Crippen LogP) is -0.999. The van der Waals surface area contributed by atoms with Gasteiger partial charge in [0.25, 0.3) is 0 Å². The molecule has 0 saturated heterocycles. The van der Waals surface area contributed by atoms with E-state index in [1.807, 2.05) is 0 Å². The molecule has 0 aromatic rings. The first-order valence-corrected chi connectivity index (χ1v) is 6.87. The number of hydrogen-bond donors (Lipinski definition) is 2. The highest BCUT2D eigenvalue weighted by Gasteiger charge is 2.26. The van der Waals surface area contributed by atoms with Gasteiger partial charge in [-0.2, -0.15) is 4.31 Å². The van der Waals surface area contributed by atoms with Gasteiger partial charge < -0.3 is 10.4 Å². The number of likely N-dealkylation sites (N-methyl/N-ethyl adjacent to an activating group) is 1. The van der Waals surface area contributed by atoms with Gasteiger partial charge in [0.05, 0.1) is 18.7 Å². The Hall–Kier alpha value is -1.15. The summed E-state index contributed by atoms with van der Waals surface area (Å²) in [5.74, 6) is -2.02. The number of nitrogens with zero attached hydrogens (tertiary/aromatic N) is 1. The van der Waals surface area contributed by atoms with Gasteiger partial charge in [0.15, 0.2) is 0 Å². The zero-order valence-electron chi connectivity index (χ0n) is 9.55. The Labute approximate surface area is 99.8 Å². The second-order valence-electron chi connectivity index (χ2n) is 4.06. The summed E-state index contributed by atoms with van der Waals surface area (Å²) in [6, 6.07) is 0.178. The molecule has 0 bridgehead atoms. The van der Waals surface area contributed by atoms with Crippen LogP contribution >= 0.6 is 0 Å². The quantitative estimate of drug-likeness (QED) is 0.614. The van der Waals surface area contributed by atoms with Crippen LogP contribution in [-0.2, 0) is 19.6 Å². The first kappa shape index (κ1) is 13.9. The maximum absolute atomic E-state index is 11.6. The van der Waals surface area contributed by atoms with E-state index in [1.165, 1.54) is 7.05 Å². The molecule has 0 atom stereocenters. The minimum absolute atomic E-state index is 0.178. The number of hydrogen-bond acceptors (Lipinski definition) is 4. The van der Waals surface area contributed by atoms with E-state index in [-0.39, 0.29) is 18.5 Å². The number of carboxylic acids is 1. The number of rotatable bonds is 7. The summed E-state index contributed by atoms with van der Waals surface area (Å²) in [5, 5.41) is 11.1. The lowest BCUT2D eigenvalue weighted by Crippen LogP contribution is -2.40. The average molecular weight is 264 g/mol. The Bertz CT molecular complexity index is 402. The summed E-state index contributed by atoms with van der Waals surface area (Å²) in [5.41, 5.74) is 0. The molecule has 0 unspecified atom stereocenters. The van der Waals surface area contributed by atoms with E-state index in [0.29, 0.717) is 0 Å². The van der Waals surface area contributed by atoms with Crippen LogP contribution in [0.4, 0.5) is 0 Å². The summed E-state index contributed by atoms with van der Waals surface area (Å²) in [7, 11) is -2.41. The van der Waals surface area contributed by atoms with Crippen LogP contribution < -0.4 is 5.32 Å². The van der Waals surface area contributed by atoms with Crippen molar-refractivity contribution in [2.24, 2.45) is 0 Å². The third kappa shape index (κ3) is 5.14. The third-order valence-corrected chi connectivity index (χ3v) is 4.16. The first-order chi connectivity index (χ1) is 7.81. The molecular formula is C9H16N2O5S. The molecule has 7 nitrogen and oxygen atoms in total. The van der Waals surface area contributed by atoms with Gasteiger partial charge in [-0.1, -0.05) is 0 Å². The van der Waals surface area contributed by atoms with Crippen LogP contribution in [0.5, 0.6) is 0 Å². The Morgan fingerprint density at radius 2 is 2.00 bits per heavy atom. The molecule has 1 saturated carbocycles. The molecule has 98 valence electrons. The lowest BCUT2D eigenvalue weighted by molar-refractivity contribution is -0.136. The first-order valence-electron chi connectivity index (χ1n) is 5.26. The highest BCUT2D eigenvalue weighted by Crippen LogP contribution is 2.18. The van der Waals surface area contributed by atoms with Crippen molar-refractivity contribution in [1.29, 1.82) is 0 Å². The Balaban J connectivity index is 2.40. The summed E-state index contributed by atoms with van der Waals surface area (Å²) >= 11 is 0. The van der Waals surface area contributed by atoms with Gasteiger partial charge in [0.2, 0.25) is 15.9 Å². The van der Waals surface area contributed by atoms with Crippen LogP contribution in [0.15, 0.2) is 0 Å². The molecule has 0 heterocycles. The fraction of sp³-hybridized carbons (Fsp3) is 0.778. The Morgan fingerprint density at radius 3 is 2.47 bits per heavy atom. The summed E-state index contributed by atoms with van der Waals surface area (Å²) in [4.78, 5) is 21.6. The van der Waals surface area contributed by atoms with Crippen molar-refractivity contribution in [2.75, 3.05) is 19.3 Å². The van der Waals surface area contributed by atoms with Crippen molar-refractivity contribution in [3.05, 3.63) is 0 Å². The van der Waals surface area contributed by atoms with E-state index in [4.69, 9.17) is 5.11 Å². The number of aliphatic carboxylic acids is 1. The van der Waals surface area contributed by atoms with Crippen LogP contribution in [-0.4, -0.2) is 55.1 Å². The van der Waals surface area contributed by atoms with E-state index < -0.39 is 28.2 Å². The molecule has 0 aromatic carbocycles. The average Bonchev–Trinajstić information content (AvgIpc) is 2.98.